The van der Waals surface area contributed by atoms with Crippen molar-refractivity contribution in [3.8, 4) is 10.6 Å². The third-order valence-corrected chi connectivity index (χ3v) is 4.75. The molecule has 2 aromatic rings. The number of rotatable bonds is 4. The summed E-state index contributed by atoms with van der Waals surface area (Å²) < 4.78 is 0. The molecule has 0 saturated carbocycles. The fraction of sp³-hybridized carbons (Fsp3) is 0.438. The molecule has 1 saturated heterocycles. The van der Waals surface area contributed by atoms with Crippen molar-refractivity contribution in [1.29, 1.82) is 0 Å². The first-order chi connectivity index (χ1) is 11.0. The van der Waals surface area contributed by atoms with Crippen LogP contribution in [0.25, 0.3) is 10.6 Å². The van der Waals surface area contributed by atoms with Crippen LogP contribution in [-0.2, 0) is 0 Å². The fourth-order valence-corrected chi connectivity index (χ4v) is 3.69. The van der Waals surface area contributed by atoms with Gasteiger partial charge in [0.15, 0.2) is 0 Å². The van der Waals surface area contributed by atoms with E-state index in [9.17, 15) is 9.90 Å². The van der Waals surface area contributed by atoms with E-state index in [0.717, 1.165) is 10.6 Å². The summed E-state index contributed by atoms with van der Waals surface area (Å²) in [5.41, 5.74) is 0.506. The van der Waals surface area contributed by atoms with Gasteiger partial charge in [0.1, 0.15) is 10.7 Å². The standard InChI is InChI=1S/C16H20N4O2S/c1-19(2)10-16(22)5-7-20(11-16)15(21)13-9-23-14(18-13)12-4-3-6-17-8-12/h3-4,6,8-9,22H,5,7,10-11H2,1-2H3/t16-/m1/s1. The number of nitrogens with zero attached hydrogens (tertiary/aromatic N) is 4. The van der Waals surface area contributed by atoms with E-state index in [2.05, 4.69) is 9.97 Å². The summed E-state index contributed by atoms with van der Waals surface area (Å²) in [5, 5.41) is 13.1. The molecule has 1 atom stereocenters. The number of likely N-dealkylation sites (N-methyl/N-ethyl adjacent to an activating group) is 1. The number of carbonyl (C=O) groups excluding carboxylic acids is 1. The van der Waals surface area contributed by atoms with Gasteiger partial charge in [0.25, 0.3) is 5.91 Å². The molecule has 0 aliphatic carbocycles. The monoisotopic (exact) mass is 332 g/mol. The van der Waals surface area contributed by atoms with Crippen LogP contribution in [-0.4, -0.2) is 70.1 Å². The van der Waals surface area contributed by atoms with Crippen molar-refractivity contribution in [2.75, 3.05) is 33.7 Å². The molecule has 2 aromatic heterocycles. The maximum absolute atomic E-state index is 12.6. The van der Waals surface area contributed by atoms with Crippen molar-refractivity contribution in [1.82, 2.24) is 19.8 Å². The molecule has 6 nitrogen and oxygen atoms in total. The van der Waals surface area contributed by atoms with Gasteiger partial charge in [-0.1, -0.05) is 0 Å². The minimum atomic E-state index is -0.832. The Bertz CT molecular complexity index is 688. The lowest BCUT2D eigenvalue weighted by Gasteiger charge is -2.26. The maximum atomic E-state index is 12.6. The number of amides is 1. The van der Waals surface area contributed by atoms with Crippen molar-refractivity contribution in [3.63, 3.8) is 0 Å². The van der Waals surface area contributed by atoms with E-state index in [0.29, 0.717) is 31.7 Å². The summed E-state index contributed by atoms with van der Waals surface area (Å²) in [4.78, 5) is 24.7. The molecule has 0 unspecified atom stereocenters. The number of hydrogen-bond acceptors (Lipinski definition) is 6. The van der Waals surface area contributed by atoms with Crippen LogP contribution in [0.2, 0.25) is 0 Å². The van der Waals surface area contributed by atoms with E-state index in [4.69, 9.17) is 0 Å². The summed E-state index contributed by atoms with van der Waals surface area (Å²) in [6.45, 7) is 1.46. The van der Waals surface area contributed by atoms with E-state index in [1.165, 1.54) is 11.3 Å². The van der Waals surface area contributed by atoms with Gasteiger partial charge in [-0.3, -0.25) is 9.78 Å². The highest BCUT2D eigenvalue weighted by Crippen LogP contribution is 2.26. The Hall–Kier alpha value is -1.83. The first-order valence-corrected chi connectivity index (χ1v) is 8.37. The Kier molecular flexibility index (Phi) is 4.43. The average molecular weight is 332 g/mol. The number of thiazole rings is 1. The third-order valence-electron chi connectivity index (χ3n) is 3.86. The van der Waals surface area contributed by atoms with Crippen LogP contribution in [0.15, 0.2) is 29.9 Å². The van der Waals surface area contributed by atoms with Crippen molar-refractivity contribution in [2.24, 2.45) is 0 Å². The fourth-order valence-electron chi connectivity index (χ4n) is 2.90. The van der Waals surface area contributed by atoms with Crippen molar-refractivity contribution >= 4 is 17.2 Å². The van der Waals surface area contributed by atoms with Crippen molar-refractivity contribution < 1.29 is 9.90 Å². The Morgan fingerprint density at radius 2 is 2.35 bits per heavy atom. The number of carbonyl (C=O) groups is 1. The molecule has 122 valence electrons. The molecular weight excluding hydrogens is 312 g/mol. The minimum absolute atomic E-state index is 0.119. The second kappa shape index (κ2) is 6.35. The quantitative estimate of drug-likeness (QED) is 0.915. The molecule has 0 spiro atoms. The molecule has 1 amide bonds. The normalized spacial score (nSPS) is 21.1. The van der Waals surface area contributed by atoms with Crippen LogP contribution in [0, 0.1) is 0 Å². The largest absolute Gasteiger partial charge is 0.387 e. The summed E-state index contributed by atoms with van der Waals surface area (Å²) >= 11 is 1.43. The zero-order valence-corrected chi connectivity index (χ0v) is 14.1. The molecular formula is C16H20N4O2S. The van der Waals surface area contributed by atoms with Crippen LogP contribution in [0.5, 0.6) is 0 Å². The summed E-state index contributed by atoms with van der Waals surface area (Å²) in [6, 6.07) is 3.77. The van der Waals surface area contributed by atoms with Crippen LogP contribution < -0.4 is 0 Å². The van der Waals surface area contributed by atoms with E-state index in [1.54, 1.807) is 22.7 Å². The Morgan fingerprint density at radius 3 is 3.04 bits per heavy atom. The zero-order valence-electron chi connectivity index (χ0n) is 13.3. The second-order valence-corrected chi connectivity index (χ2v) is 7.08. The lowest BCUT2D eigenvalue weighted by Crippen LogP contribution is -2.43. The van der Waals surface area contributed by atoms with Gasteiger partial charge < -0.3 is 14.9 Å². The van der Waals surface area contributed by atoms with Crippen LogP contribution >= 0.6 is 11.3 Å². The minimum Gasteiger partial charge on any atom is -0.387 e. The maximum Gasteiger partial charge on any atom is 0.273 e. The van der Waals surface area contributed by atoms with Crippen LogP contribution in [0.4, 0.5) is 0 Å². The molecule has 1 N–H and O–H groups in total. The summed E-state index contributed by atoms with van der Waals surface area (Å²) in [7, 11) is 3.84. The Balaban J connectivity index is 1.71. The molecule has 0 radical (unpaired) electrons. The number of pyridine rings is 1. The Morgan fingerprint density at radius 1 is 1.52 bits per heavy atom. The molecule has 7 heteroatoms. The highest BCUT2D eigenvalue weighted by molar-refractivity contribution is 7.13. The van der Waals surface area contributed by atoms with E-state index < -0.39 is 5.60 Å². The highest BCUT2D eigenvalue weighted by Gasteiger charge is 2.39. The van der Waals surface area contributed by atoms with Gasteiger partial charge in [-0.15, -0.1) is 11.3 Å². The smallest absolute Gasteiger partial charge is 0.273 e. The molecule has 3 rings (SSSR count). The van der Waals surface area contributed by atoms with Gasteiger partial charge in [-0.2, -0.15) is 0 Å². The number of aliphatic hydroxyl groups is 1. The lowest BCUT2D eigenvalue weighted by molar-refractivity contribution is 0.0235. The summed E-state index contributed by atoms with van der Waals surface area (Å²) in [6.07, 6.45) is 4.04. The first kappa shape index (κ1) is 16.0. The average Bonchev–Trinajstić information content (AvgIpc) is 3.14. The van der Waals surface area contributed by atoms with E-state index in [-0.39, 0.29) is 5.91 Å². The van der Waals surface area contributed by atoms with E-state index in [1.807, 2.05) is 31.1 Å². The first-order valence-electron chi connectivity index (χ1n) is 7.49. The third kappa shape index (κ3) is 3.57. The molecule has 1 aliphatic heterocycles. The predicted molar refractivity (Wildman–Crippen MR) is 89.4 cm³/mol. The molecule has 23 heavy (non-hydrogen) atoms. The zero-order chi connectivity index (χ0) is 16.4. The SMILES string of the molecule is CN(C)C[C@]1(O)CCN(C(=O)c2csc(-c3cccnc3)n2)C1. The summed E-state index contributed by atoms with van der Waals surface area (Å²) in [5.74, 6) is -0.119. The van der Waals surface area contributed by atoms with Crippen molar-refractivity contribution in [3.05, 3.63) is 35.6 Å². The topological polar surface area (TPSA) is 69.6 Å². The number of aromatic nitrogens is 2. The molecule has 0 bridgehead atoms. The second-order valence-electron chi connectivity index (χ2n) is 6.22. The van der Waals surface area contributed by atoms with Gasteiger partial charge >= 0.3 is 0 Å². The molecule has 1 fully saturated rings. The van der Waals surface area contributed by atoms with E-state index >= 15 is 0 Å². The number of hydrogen-bond donors (Lipinski definition) is 1. The molecule has 1 aliphatic rings. The van der Waals surface area contributed by atoms with Gasteiger partial charge in [0.2, 0.25) is 0 Å². The Labute approximate surface area is 139 Å². The van der Waals surface area contributed by atoms with Gasteiger partial charge in [0, 0.05) is 36.4 Å². The van der Waals surface area contributed by atoms with Crippen LogP contribution in [0.1, 0.15) is 16.9 Å². The molecule has 3 heterocycles. The van der Waals surface area contributed by atoms with Crippen molar-refractivity contribution in [2.45, 2.75) is 12.0 Å². The van der Waals surface area contributed by atoms with Gasteiger partial charge in [-0.25, -0.2) is 4.98 Å². The van der Waals surface area contributed by atoms with Gasteiger partial charge in [-0.05, 0) is 32.6 Å². The lowest BCUT2D eigenvalue weighted by atomic mass is 10.0. The number of β-amino-alcohol motifs (C(OH)–C–C–N with tert-alkyl or cyclic N) is 1. The molecule has 0 aromatic carbocycles. The highest BCUT2D eigenvalue weighted by atomic mass is 32.1. The number of likely N-dealkylation sites (tertiary alicyclic amines) is 1. The predicted octanol–water partition coefficient (Wildman–Crippen LogP) is 1.34. The van der Waals surface area contributed by atoms with Crippen LogP contribution in [0.3, 0.4) is 0 Å². The van der Waals surface area contributed by atoms with Gasteiger partial charge in [0.05, 0.1) is 12.1 Å².